The number of benzene rings is 1. The van der Waals surface area contributed by atoms with Crippen molar-refractivity contribution in [3.8, 4) is 0 Å². The monoisotopic (exact) mass is 304 g/mol. The fraction of sp³-hybridized carbons (Fsp3) is 0.588. The zero-order chi connectivity index (χ0) is 16.1. The lowest BCUT2D eigenvalue weighted by Crippen LogP contribution is -2.48. The molecule has 1 fully saturated rings. The molecule has 1 aromatic carbocycles. The molecule has 5 nitrogen and oxygen atoms in total. The quantitative estimate of drug-likeness (QED) is 0.886. The minimum Gasteiger partial charge on any atom is -0.378 e. The van der Waals surface area contributed by atoms with Gasteiger partial charge in [-0.3, -0.25) is 9.69 Å². The molecule has 0 aliphatic carbocycles. The van der Waals surface area contributed by atoms with E-state index in [0.717, 1.165) is 26.2 Å². The molecule has 1 aliphatic heterocycles. The van der Waals surface area contributed by atoms with Crippen LogP contribution < -0.4 is 10.2 Å². The van der Waals surface area contributed by atoms with Crippen LogP contribution in [0.15, 0.2) is 24.3 Å². The molecule has 1 N–H and O–H groups in total. The van der Waals surface area contributed by atoms with Gasteiger partial charge in [-0.2, -0.15) is 0 Å². The SMILES string of the molecule is CC(=O)NC[C@@H](c1ccc(N(C)C)cc1)N1CCN(C)CC1. The van der Waals surface area contributed by atoms with Crippen LogP contribution >= 0.6 is 0 Å². The van der Waals surface area contributed by atoms with Gasteiger partial charge in [-0.25, -0.2) is 0 Å². The highest BCUT2D eigenvalue weighted by Crippen LogP contribution is 2.24. The van der Waals surface area contributed by atoms with Gasteiger partial charge in [-0.15, -0.1) is 0 Å². The van der Waals surface area contributed by atoms with Gasteiger partial charge in [0.1, 0.15) is 0 Å². The standard InChI is InChI=1S/C17H28N4O/c1-14(22)18-13-17(21-11-9-20(4)10-12-21)15-5-7-16(8-6-15)19(2)3/h5-8,17H,9-13H2,1-4H3,(H,18,22)/t17-/m0/s1. The van der Waals surface area contributed by atoms with Crippen molar-refractivity contribution in [2.75, 3.05) is 58.8 Å². The zero-order valence-electron chi connectivity index (χ0n) is 14.2. The van der Waals surface area contributed by atoms with Gasteiger partial charge in [0.05, 0.1) is 6.04 Å². The lowest BCUT2D eigenvalue weighted by atomic mass is 10.0. The van der Waals surface area contributed by atoms with Crippen molar-refractivity contribution in [2.24, 2.45) is 0 Å². The molecule has 5 heteroatoms. The average molecular weight is 304 g/mol. The van der Waals surface area contributed by atoms with Crippen LogP contribution in [0.5, 0.6) is 0 Å². The molecule has 0 spiro atoms. The summed E-state index contributed by atoms with van der Waals surface area (Å²) in [7, 11) is 6.25. The van der Waals surface area contributed by atoms with E-state index in [4.69, 9.17) is 0 Å². The highest BCUT2D eigenvalue weighted by Gasteiger charge is 2.24. The van der Waals surface area contributed by atoms with Gasteiger partial charge in [0, 0.05) is 59.4 Å². The summed E-state index contributed by atoms with van der Waals surface area (Å²) in [6.45, 7) is 6.47. The minimum absolute atomic E-state index is 0.0315. The van der Waals surface area contributed by atoms with E-state index in [2.05, 4.69) is 51.3 Å². The van der Waals surface area contributed by atoms with Crippen LogP contribution in [0.4, 0.5) is 5.69 Å². The fourth-order valence-corrected chi connectivity index (χ4v) is 2.83. The molecule has 122 valence electrons. The highest BCUT2D eigenvalue weighted by molar-refractivity contribution is 5.72. The van der Waals surface area contributed by atoms with Crippen LogP contribution in [0.25, 0.3) is 0 Å². The Morgan fingerprint density at radius 2 is 1.77 bits per heavy atom. The van der Waals surface area contributed by atoms with Crippen LogP contribution in [0.2, 0.25) is 0 Å². The maximum atomic E-state index is 11.3. The summed E-state index contributed by atoms with van der Waals surface area (Å²) in [6.07, 6.45) is 0. The zero-order valence-corrected chi connectivity index (χ0v) is 14.2. The summed E-state index contributed by atoms with van der Waals surface area (Å²) in [6, 6.07) is 8.90. The molecule has 0 unspecified atom stereocenters. The Kier molecular flexibility index (Phi) is 5.80. The number of nitrogens with one attached hydrogen (secondary N) is 1. The number of carbonyl (C=O) groups excluding carboxylic acids is 1. The molecule has 1 saturated heterocycles. The minimum atomic E-state index is 0.0315. The predicted octanol–water partition coefficient (Wildman–Crippen LogP) is 1.18. The van der Waals surface area contributed by atoms with Gasteiger partial charge in [-0.1, -0.05) is 12.1 Å². The molecule has 0 saturated carbocycles. The molecule has 1 atom stereocenters. The Morgan fingerprint density at radius 1 is 1.18 bits per heavy atom. The molecule has 0 bridgehead atoms. The molecule has 2 rings (SSSR count). The van der Waals surface area contributed by atoms with Crippen molar-refractivity contribution in [1.82, 2.24) is 15.1 Å². The Labute approximate surface area is 133 Å². The van der Waals surface area contributed by atoms with Gasteiger partial charge in [0.25, 0.3) is 0 Å². The summed E-state index contributed by atoms with van der Waals surface area (Å²) in [4.78, 5) is 18.2. The van der Waals surface area contributed by atoms with E-state index < -0.39 is 0 Å². The number of rotatable bonds is 5. The summed E-state index contributed by atoms with van der Waals surface area (Å²) < 4.78 is 0. The maximum absolute atomic E-state index is 11.3. The van der Waals surface area contributed by atoms with Crippen LogP contribution in [0.3, 0.4) is 0 Å². The molecule has 0 aromatic heterocycles. The lowest BCUT2D eigenvalue weighted by molar-refractivity contribution is -0.119. The van der Waals surface area contributed by atoms with Crippen molar-refractivity contribution in [2.45, 2.75) is 13.0 Å². The van der Waals surface area contributed by atoms with Gasteiger partial charge in [-0.05, 0) is 24.7 Å². The van der Waals surface area contributed by atoms with E-state index in [9.17, 15) is 4.79 Å². The first-order chi connectivity index (χ1) is 10.5. The smallest absolute Gasteiger partial charge is 0.216 e. The molecular weight excluding hydrogens is 276 g/mol. The number of piperazine rings is 1. The second kappa shape index (κ2) is 7.61. The number of nitrogens with zero attached hydrogens (tertiary/aromatic N) is 3. The summed E-state index contributed by atoms with van der Waals surface area (Å²) >= 11 is 0. The largest absolute Gasteiger partial charge is 0.378 e. The third-order valence-corrected chi connectivity index (χ3v) is 4.32. The van der Waals surface area contributed by atoms with Crippen molar-refractivity contribution >= 4 is 11.6 Å². The molecule has 0 radical (unpaired) electrons. The number of anilines is 1. The number of hydrogen-bond donors (Lipinski definition) is 1. The predicted molar refractivity (Wildman–Crippen MR) is 91.3 cm³/mol. The van der Waals surface area contributed by atoms with Crippen molar-refractivity contribution in [3.05, 3.63) is 29.8 Å². The summed E-state index contributed by atoms with van der Waals surface area (Å²) in [5, 5.41) is 2.99. The van der Waals surface area contributed by atoms with Gasteiger partial charge >= 0.3 is 0 Å². The van der Waals surface area contributed by atoms with Crippen molar-refractivity contribution < 1.29 is 4.79 Å². The van der Waals surface area contributed by atoms with Gasteiger partial charge < -0.3 is 15.1 Å². The molecule has 1 amide bonds. The van der Waals surface area contributed by atoms with Crippen molar-refractivity contribution in [3.63, 3.8) is 0 Å². The van der Waals surface area contributed by atoms with Crippen molar-refractivity contribution in [1.29, 1.82) is 0 Å². The number of amides is 1. The Morgan fingerprint density at radius 3 is 2.27 bits per heavy atom. The van der Waals surface area contributed by atoms with Gasteiger partial charge in [0.2, 0.25) is 5.91 Å². The van der Waals surface area contributed by atoms with E-state index in [0.29, 0.717) is 6.54 Å². The highest BCUT2D eigenvalue weighted by atomic mass is 16.1. The van der Waals surface area contributed by atoms with Gasteiger partial charge in [0.15, 0.2) is 0 Å². The molecule has 1 heterocycles. The number of hydrogen-bond acceptors (Lipinski definition) is 4. The second-order valence-corrected chi connectivity index (χ2v) is 6.28. The topological polar surface area (TPSA) is 38.8 Å². The Balaban J connectivity index is 2.13. The van der Waals surface area contributed by atoms with Crippen LogP contribution in [0, 0.1) is 0 Å². The van der Waals surface area contributed by atoms with E-state index >= 15 is 0 Å². The third kappa shape index (κ3) is 4.45. The first-order valence-electron chi connectivity index (χ1n) is 7.91. The Hall–Kier alpha value is -1.59. The summed E-state index contributed by atoms with van der Waals surface area (Å²) in [5.74, 6) is 0.0315. The molecule has 1 aliphatic rings. The molecule has 1 aromatic rings. The van der Waals surface area contributed by atoms with E-state index in [1.165, 1.54) is 11.3 Å². The first-order valence-corrected chi connectivity index (χ1v) is 7.91. The van der Waals surface area contributed by atoms with E-state index in [-0.39, 0.29) is 11.9 Å². The first kappa shape index (κ1) is 16.8. The normalized spacial score (nSPS) is 18.0. The molecular formula is C17H28N4O. The fourth-order valence-electron chi connectivity index (χ4n) is 2.83. The lowest BCUT2D eigenvalue weighted by Gasteiger charge is -2.38. The second-order valence-electron chi connectivity index (χ2n) is 6.28. The van der Waals surface area contributed by atoms with E-state index in [1.807, 2.05) is 14.1 Å². The number of carbonyl (C=O) groups is 1. The van der Waals surface area contributed by atoms with Crippen LogP contribution in [-0.4, -0.2) is 69.6 Å². The Bertz CT molecular complexity index is 478. The maximum Gasteiger partial charge on any atom is 0.216 e. The molecule has 22 heavy (non-hydrogen) atoms. The average Bonchev–Trinajstić information content (AvgIpc) is 2.49. The summed E-state index contributed by atoms with van der Waals surface area (Å²) in [5.41, 5.74) is 2.46. The van der Waals surface area contributed by atoms with E-state index in [1.54, 1.807) is 6.92 Å². The van der Waals surface area contributed by atoms with Crippen LogP contribution in [-0.2, 0) is 4.79 Å². The van der Waals surface area contributed by atoms with Crippen LogP contribution in [0.1, 0.15) is 18.5 Å². The third-order valence-electron chi connectivity index (χ3n) is 4.32. The number of likely N-dealkylation sites (N-methyl/N-ethyl adjacent to an activating group) is 1.